The third-order valence-corrected chi connectivity index (χ3v) is 6.76. The normalized spacial score (nSPS) is 11.5. The van der Waals surface area contributed by atoms with Crippen LogP contribution in [0.2, 0.25) is 6.04 Å². The van der Waals surface area contributed by atoms with E-state index in [9.17, 15) is 4.79 Å². The minimum Gasteiger partial charge on any atom is -0.374 e. The van der Waals surface area contributed by atoms with E-state index >= 15 is 0 Å². The van der Waals surface area contributed by atoms with E-state index < -0.39 is 8.80 Å². The second-order valence-electron chi connectivity index (χ2n) is 5.68. The maximum Gasteiger partial charge on any atom is 0.500 e. The Hall–Kier alpha value is -0.633. The van der Waals surface area contributed by atoms with Gasteiger partial charge in [0.25, 0.3) is 0 Å². The van der Waals surface area contributed by atoms with Crippen molar-refractivity contribution in [2.24, 2.45) is 0 Å². The molecule has 0 unspecified atom stereocenters. The minimum atomic E-state index is -2.58. The first-order chi connectivity index (χ1) is 11.6. The Morgan fingerprint density at radius 1 is 0.750 bits per heavy atom. The molecule has 7 heteroatoms. The van der Waals surface area contributed by atoms with Gasteiger partial charge in [-0.1, -0.05) is 32.6 Å². The summed E-state index contributed by atoms with van der Waals surface area (Å²) in [6.07, 6.45) is 6.78. The predicted octanol–water partition coefficient (Wildman–Crippen LogP) is 3.69. The number of rotatable bonds is 16. The van der Waals surface area contributed by atoms with Gasteiger partial charge in [0.2, 0.25) is 0 Å². The van der Waals surface area contributed by atoms with Crippen molar-refractivity contribution < 1.29 is 18.1 Å². The Kier molecular flexibility index (Phi) is 15.5. The summed E-state index contributed by atoms with van der Waals surface area (Å²) in [6, 6.07) is 0.627. The molecule has 6 nitrogen and oxygen atoms in total. The molecule has 0 saturated carbocycles. The highest BCUT2D eigenvalue weighted by Gasteiger charge is 2.39. The van der Waals surface area contributed by atoms with Gasteiger partial charge in [0, 0.05) is 39.0 Å². The highest BCUT2D eigenvalue weighted by molar-refractivity contribution is 6.60. The molecule has 0 radical (unpaired) electrons. The Bertz CT molecular complexity index is 289. The second-order valence-corrected chi connectivity index (χ2v) is 8.41. The molecule has 0 fully saturated rings. The van der Waals surface area contributed by atoms with Crippen LogP contribution in [0, 0.1) is 0 Å². The van der Waals surface area contributed by atoms with Gasteiger partial charge in [-0.2, -0.15) is 0 Å². The molecule has 0 atom stereocenters. The molecule has 0 bridgehead atoms. The predicted molar refractivity (Wildman–Crippen MR) is 100 cm³/mol. The zero-order valence-corrected chi connectivity index (χ0v) is 17.1. The van der Waals surface area contributed by atoms with Crippen LogP contribution >= 0.6 is 0 Å². The molecule has 144 valence electrons. The molecule has 0 spiro atoms. The number of hydrogen-bond acceptors (Lipinski definition) is 4. The average molecular weight is 363 g/mol. The van der Waals surface area contributed by atoms with E-state index in [0.29, 0.717) is 26.4 Å². The molecular formula is C17H38N2O4Si. The zero-order valence-electron chi connectivity index (χ0n) is 16.1. The van der Waals surface area contributed by atoms with E-state index in [1.807, 2.05) is 20.8 Å². The Labute approximate surface area is 149 Å². The largest absolute Gasteiger partial charge is 0.500 e. The van der Waals surface area contributed by atoms with E-state index in [1.54, 1.807) is 0 Å². The standard InChI is InChI=1S/C17H38N2O4Si/c1-5-9-10-11-12-14-18-17(20)19-15-13-16-24(21-6-2,22-7-3)23-8-4/h5-16H2,1-4H3,(H2,18,19,20). The molecule has 2 amide bonds. The molecule has 0 heterocycles. The lowest BCUT2D eigenvalue weighted by Crippen LogP contribution is -2.46. The molecule has 24 heavy (non-hydrogen) atoms. The van der Waals surface area contributed by atoms with E-state index in [1.165, 1.54) is 25.7 Å². The third kappa shape index (κ3) is 11.8. The van der Waals surface area contributed by atoms with Crippen LogP contribution in [-0.4, -0.2) is 47.7 Å². The first-order valence-electron chi connectivity index (χ1n) is 9.57. The van der Waals surface area contributed by atoms with Crippen molar-refractivity contribution in [3.05, 3.63) is 0 Å². The highest BCUT2D eigenvalue weighted by Crippen LogP contribution is 2.17. The summed E-state index contributed by atoms with van der Waals surface area (Å²) in [5, 5.41) is 5.79. The SMILES string of the molecule is CCCCCCCNC(=O)NCCC[Si](OCC)(OCC)OCC. The third-order valence-electron chi connectivity index (χ3n) is 3.60. The number of urea groups is 1. The highest BCUT2D eigenvalue weighted by atomic mass is 28.4. The molecule has 0 rings (SSSR count). The fourth-order valence-corrected chi connectivity index (χ4v) is 5.11. The van der Waals surface area contributed by atoms with Crippen LogP contribution in [0.3, 0.4) is 0 Å². The van der Waals surface area contributed by atoms with E-state index in [-0.39, 0.29) is 6.03 Å². The second kappa shape index (κ2) is 15.9. The van der Waals surface area contributed by atoms with Crippen molar-refractivity contribution in [3.8, 4) is 0 Å². The molecule has 0 aliphatic heterocycles. The Balaban J connectivity index is 3.87. The van der Waals surface area contributed by atoms with Crippen molar-refractivity contribution in [3.63, 3.8) is 0 Å². The van der Waals surface area contributed by atoms with E-state index in [4.69, 9.17) is 13.3 Å². The van der Waals surface area contributed by atoms with E-state index in [0.717, 1.165) is 25.4 Å². The van der Waals surface area contributed by atoms with Crippen molar-refractivity contribution in [1.29, 1.82) is 0 Å². The van der Waals surface area contributed by atoms with Crippen molar-refractivity contribution >= 4 is 14.8 Å². The first kappa shape index (κ1) is 23.4. The van der Waals surface area contributed by atoms with Gasteiger partial charge in [-0.25, -0.2) is 4.79 Å². The molecule has 0 aliphatic rings. The minimum absolute atomic E-state index is 0.0954. The smallest absolute Gasteiger partial charge is 0.374 e. The topological polar surface area (TPSA) is 68.8 Å². The van der Waals surface area contributed by atoms with Gasteiger partial charge in [-0.15, -0.1) is 0 Å². The summed E-state index contributed by atoms with van der Waals surface area (Å²) >= 11 is 0. The van der Waals surface area contributed by atoms with Gasteiger partial charge in [-0.05, 0) is 33.6 Å². The monoisotopic (exact) mass is 362 g/mol. The molecule has 0 saturated heterocycles. The van der Waals surface area contributed by atoms with Crippen LogP contribution in [0.5, 0.6) is 0 Å². The molecule has 0 aromatic rings. The van der Waals surface area contributed by atoms with Crippen molar-refractivity contribution in [2.45, 2.75) is 72.3 Å². The first-order valence-corrected chi connectivity index (χ1v) is 11.5. The zero-order chi connectivity index (χ0) is 18.1. The summed E-state index contributed by atoms with van der Waals surface area (Å²) in [4.78, 5) is 11.7. The van der Waals surface area contributed by atoms with Crippen LogP contribution in [-0.2, 0) is 13.3 Å². The lowest BCUT2D eigenvalue weighted by Gasteiger charge is -2.28. The maximum atomic E-state index is 11.7. The average Bonchev–Trinajstić information content (AvgIpc) is 2.56. The Morgan fingerprint density at radius 3 is 1.75 bits per heavy atom. The van der Waals surface area contributed by atoms with Gasteiger partial charge in [0.1, 0.15) is 0 Å². The number of carbonyl (C=O) groups is 1. The Morgan fingerprint density at radius 2 is 1.25 bits per heavy atom. The maximum absolute atomic E-state index is 11.7. The molecule has 0 aromatic heterocycles. The summed E-state index contributed by atoms with van der Waals surface area (Å²) in [7, 11) is -2.58. The van der Waals surface area contributed by atoms with Crippen LogP contribution in [0.25, 0.3) is 0 Å². The van der Waals surface area contributed by atoms with Crippen molar-refractivity contribution in [2.75, 3.05) is 32.9 Å². The summed E-state index contributed by atoms with van der Waals surface area (Å²) in [5.41, 5.74) is 0. The van der Waals surface area contributed by atoms with Crippen LogP contribution in [0.1, 0.15) is 66.2 Å². The fourth-order valence-electron chi connectivity index (χ4n) is 2.50. The summed E-state index contributed by atoms with van der Waals surface area (Å²) < 4.78 is 17.4. The van der Waals surface area contributed by atoms with Crippen LogP contribution in [0.4, 0.5) is 4.79 Å². The summed E-state index contributed by atoms with van der Waals surface area (Å²) in [5.74, 6) is 0. The van der Waals surface area contributed by atoms with Gasteiger partial charge >= 0.3 is 14.8 Å². The number of amides is 2. The van der Waals surface area contributed by atoms with Crippen LogP contribution < -0.4 is 10.6 Å². The van der Waals surface area contributed by atoms with Gasteiger partial charge in [0.05, 0.1) is 0 Å². The summed E-state index contributed by atoms with van der Waals surface area (Å²) in [6.45, 7) is 11.1. The molecule has 2 N–H and O–H groups in total. The molecule has 0 aromatic carbocycles. The van der Waals surface area contributed by atoms with Crippen molar-refractivity contribution in [1.82, 2.24) is 10.6 Å². The van der Waals surface area contributed by atoms with E-state index in [2.05, 4.69) is 17.6 Å². The van der Waals surface area contributed by atoms with Gasteiger partial charge < -0.3 is 23.9 Å². The van der Waals surface area contributed by atoms with Gasteiger partial charge in [-0.3, -0.25) is 0 Å². The lowest BCUT2D eigenvalue weighted by molar-refractivity contribution is 0.0708. The number of carbonyl (C=O) groups excluding carboxylic acids is 1. The number of unbranched alkanes of at least 4 members (excludes halogenated alkanes) is 4. The number of nitrogens with one attached hydrogen (secondary N) is 2. The fraction of sp³-hybridized carbons (Fsp3) is 0.941. The molecular weight excluding hydrogens is 324 g/mol. The quantitative estimate of drug-likeness (QED) is 0.324. The number of hydrogen-bond donors (Lipinski definition) is 2. The van der Waals surface area contributed by atoms with Crippen LogP contribution in [0.15, 0.2) is 0 Å². The molecule has 0 aliphatic carbocycles. The van der Waals surface area contributed by atoms with Gasteiger partial charge in [0.15, 0.2) is 0 Å². The lowest BCUT2D eigenvalue weighted by atomic mass is 10.1.